The second-order valence-electron chi connectivity index (χ2n) is 7.99. The smallest absolute Gasteiger partial charge is 0.237 e. The summed E-state index contributed by atoms with van der Waals surface area (Å²) < 4.78 is 17.5. The van der Waals surface area contributed by atoms with E-state index in [-0.39, 0.29) is 17.1 Å². The molecule has 5 rings (SSSR count). The summed E-state index contributed by atoms with van der Waals surface area (Å²) >= 11 is 6.00. The maximum Gasteiger partial charge on any atom is 0.237 e. The Hall–Kier alpha value is -3.33. The zero-order chi connectivity index (χ0) is 22.6. The largest absolute Gasteiger partial charge is 0.342 e. The topological polar surface area (TPSA) is 77.5 Å². The van der Waals surface area contributed by atoms with Crippen molar-refractivity contribution in [1.29, 1.82) is 0 Å². The fraction of sp³-hybridized carbons (Fsp3) is 0.318. The van der Waals surface area contributed by atoms with Gasteiger partial charge in [0.25, 0.3) is 0 Å². The molecule has 4 aromatic rings. The lowest BCUT2D eigenvalue weighted by molar-refractivity contribution is 0.496. The van der Waals surface area contributed by atoms with Crippen LogP contribution in [-0.2, 0) is 0 Å². The third-order valence-corrected chi connectivity index (χ3v) is 5.97. The molecule has 0 N–H and O–H groups in total. The van der Waals surface area contributed by atoms with Crippen LogP contribution >= 0.6 is 11.6 Å². The van der Waals surface area contributed by atoms with Crippen LogP contribution in [0, 0.1) is 12.7 Å². The minimum absolute atomic E-state index is 0.0378. The van der Waals surface area contributed by atoms with Crippen LogP contribution in [-0.4, -0.2) is 40.3 Å². The molecular formula is C22H22ClFN8. The van der Waals surface area contributed by atoms with E-state index in [1.165, 1.54) is 6.07 Å². The van der Waals surface area contributed by atoms with Gasteiger partial charge in [-0.25, -0.2) is 14.4 Å². The van der Waals surface area contributed by atoms with Crippen LogP contribution in [0.1, 0.15) is 44.9 Å². The number of hydrogen-bond donors (Lipinski definition) is 0. The molecule has 8 nitrogen and oxygen atoms in total. The van der Waals surface area contributed by atoms with Gasteiger partial charge in [0.05, 0.1) is 17.3 Å². The van der Waals surface area contributed by atoms with Gasteiger partial charge in [0.2, 0.25) is 5.95 Å². The van der Waals surface area contributed by atoms with E-state index in [1.54, 1.807) is 35.3 Å². The average molecular weight is 453 g/mol. The van der Waals surface area contributed by atoms with Crippen molar-refractivity contribution in [3.63, 3.8) is 0 Å². The summed E-state index contributed by atoms with van der Waals surface area (Å²) in [5.74, 6) is 3.06. The third kappa shape index (κ3) is 3.07. The zero-order valence-corrected chi connectivity index (χ0v) is 18.9. The van der Waals surface area contributed by atoms with E-state index in [0.29, 0.717) is 17.3 Å². The molecule has 1 aromatic carbocycles. The van der Waals surface area contributed by atoms with Crippen LogP contribution in [0.15, 0.2) is 36.8 Å². The second-order valence-corrected chi connectivity index (χ2v) is 8.40. The van der Waals surface area contributed by atoms with E-state index in [1.807, 2.05) is 11.5 Å². The first-order chi connectivity index (χ1) is 15.4. The molecule has 0 aliphatic carbocycles. The van der Waals surface area contributed by atoms with Crippen LogP contribution in [0.25, 0.3) is 23.0 Å². The molecule has 164 valence electrons. The molecule has 32 heavy (non-hydrogen) atoms. The van der Waals surface area contributed by atoms with Crippen molar-refractivity contribution in [2.45, 2.75) is 46.2 Å². The molecule has 1 aliphatic heterocycles. The van der Waals surface area contributed by atoms with Crippen molar-refractivity contribution in [3.05, 3.63) is 59.3 Å². The fourth-order valence-corrected chi connectivity index (χ4v) is 4.46. The Morgan fingerprint density at radius 2 is 2.00 bits per heavy atom. The number of nitrogens with zero attached hydrogens (tertiary/aromatic N) is 8. The normalized spacial score (nSPS) is 15.2. The number of aryl methyl sites for hydroxylation is 1. The Labute approximate surface area is 189 Å². The van der Waals surface area contributed by atoms with Gasteiger partial charge in [-0.05, 0) is 45.4 Å². The van der Waals surface area contributed by atoms with Crippen LogP contribution in [0.5, 0.6) is 0 Å². The Bertz CT molecular complexity index is 1310. The standard InChI is InChI=1S/C22H22ClFN8/c1-5-17-21-29-28-13(4)32(21)18-11-26-22(27-20(18)31(17)12(2)3)30-9-8-25-19(30)14-6-7-16(24)15(23)10-14/h6-12,17H,5H2,1-4H3/t17-/m1/s1. The number of fused-ring (bicyclic) bond motifs is 3. The second kappa shape index (κ2) is 7.67. The SMILES string of the molecule is CC[C@@H]1c2nnc(C)n2-c2cnc(-n3ccnc3-c3ccc(F)c(Cl)c3)nc2N1C(C)C. The first kappa shape index (κ1) is 20.6. The molecule has 0 saturated carbocycles. The summed E-state index contributed by atoms with van der Waals surface area (Å²) in [7, 11) is 0. The molecule has 0 radical (unpaired) electrons. The molecule has 0 bridgehead atoms. The van der Waals surface area contributed by atoms with Gasteiger partial charge in [0.15, 0.2) is 11.6 Å². The predicted molar refractivity (Wildman–Crippen MR) is 120 cm³/mol. The molecule has 4 heterocycles. The minimum atomic E-state index is -0.475. The zero-order valence-electron chi connectivity index (χ0n) is 18.2. The van der Waals surface area contributed by atoms with Crippen molar-refractivity contribution in [1.82, 2.24) is 34.3 Å². The number of anilines is 1. The highest BCUT2D eigenvalue weighted by Crippen LogP contribution is 2.40. The summed E-state index contributed by atoms with van der Waals surface area (Å²) in [6.07, 6.45) is 6.09. The number of rotatable bonds is 4. The van der Waals surface area contributed by atoms with Crippen LogP contribution < -0.4 is 4.90 Å². The van der Waals surface area contributed by atoms with Crippen LogP contribution in [0.3, 0.4) is 0 Å². The van der Waals surface area contributed by atoms with E-state index >= 15 is 0 Å². The number of aromatic nitrogens is 7. The number of imidazole rings is 1. The molecule has 0 amide bonds. The summed E-state index contributed by atoms with van der Waals surface area (Å²) in [4.78, 5) is 16.3. The molecule has 3 aromatic heterocycles. The Morgan fingerprint density at radius 1 is 1.19 bits per heavy atom. The molecule has 0 spiro atoms. The Balaban J connectivity index is 1.68. The predicted octanol–water partition coefficient (Wildman–Crippen LogP) is 4.69. The Kier molecular flexibility index (Phi) is 4.93. The van der Waals surface area contributed by atoms with Crippen molar-refractivity contribution in [3.8, 4) is 23.0 Å². The Morgan fingerprint density at radius 3 is 2.72 bits per heavy atom. The lowest BCUT2D eigenvalue weighted by Gasteiger charge is -2.39. The lowest BCUT2D eigenvalue weighted by Crippen LogP contribution is -2.40. The van der Waals surface area contributed by atoms with Gasteiger partial charge >= 0.3 is 0 Å². The lowest BCUT2D eigenvalue weighted by atomic mass is 10.1. The highest BCUT2D eigenvalue weighted by molar-refractivity contribution is 6.31. The summed E-state index contributed by atoms with van der Waals surface area (Å²) in [6.45, 7) is 8.33. The third-order valence-electron chi connectivity index (χ3n) is 5.68. The van der Waals surface area contributed by atoms with Gasteiger partial charge in [-0.15, -0.1) is 10.2 Å². The number of hydrogen-bond acceptors (Lipinski definition) is 6. The van der Waals surface area contributed by atoms with Gasteiger partial charge in [-0.2, -0.15) is 4.98 Å². The molecule has 1 aliphatic rings. The van der Waals surface area contributed by atoms with Gasteiger partial charge in [0.1, 0.15) is 23.2 Å². The molecular weight excluding hydrogens is 431 g/mol. The van der Waals surface area contributed by atoms with Crippen molar-refractivity contribution in [2.75, 3.05) is 4.90 Å². The molecule has 10 heteroatoms. The van der Waals surface area contributed by atoms with E-state index in [4.69, 9.17) is 16.6 Å². The highest BCUT2D eigenvalue weighted by Gasteiger charge is 2.36. The fourth-order valence-electron chi connectivity index (χ4n) is 4.28. The maximum absolute atomic E-state index is 13.7. The summed E-state index contributed by atoms with van der Waals surface area (Å²) in [5.41, 5.74) is 1.52. The van der Waals surface area contributed by atoms with Crippen molar-refractivity contribution in [2.24, 2.45) is 0 Å². The van der Waals surface area contributed by atoms with E-state index in [9.17, 15) is 4.39 Å². The maximum atomic E-state index is 13.7. The summed E-state index contributed by atoms with van der Waals surface area (Å²) in [6, 6.07) is 4.75. The monoisotopic (exact) mass is 452 g/mol. The average Bonchev–Trinajstić information content (AvgIpc) is 3.41. The van der Waals surface area contributed by atoms with Gasteiger partial charge in [-0.1, -0.05) is 18.5 Å². The van der Waals surface area contributed by atoms with Crippen molar-refractivity contribution >= 4 is 17.4 Å². The van der Waals surface area contributed by atoms with Gasteiger partial charge in [0, 0.05) is 24.0 Å². The number of benzene rings is 1. The van der Waals surface area contributed by atoms with Crippen LogP contribution in [0.2, 0.25) is 5.02 Å². The van der Waals surface area contributed by atoms with Crippen LogP contribution in [0.4, 0.5) is 10.2 Å². The van der Waals surface area contributed by atoms with Crippen molar-refractivity contribution < 1.29 is 4.39 Å². The first-order valence-electron chi connectivity index (χ1n) is 10.5. The number of halogens is 2. The van der Waals surface area contributed by atoms with Gasteiger partial charge in [-0.3, -0.25) is 9.13 Å². The van der Waals surface area contributed by atoms with E-state index in [0.717, 1.165) is 29.6 Å². The molecule has 1 atom stereocenters. The van der Waals surface area contributed by atoms with E-state index in [2.05, 4.69) is 45.8 Å². The highest BCUT2D eigenvalue weighted by atomic mass is 35.5. The molecule has 0 unspecified atom stereocenters. The van der Waals surface area contributed by atoms with Gasteiger partial charge < -0.3 is 4.90 Å². The summed E-state index contributed by atoms with van der Waals surface area (Å²) in [5, 5.41) is 8.78. The minimum Gasteiger partial charge on any atom is -0.342 e. The quantitative estimate of drug-likeness (QED) is 0.447. The molecule has 0 fully saturated rings. The molecule has 0 saturated heterocycles. The first-order valence-corrected chi connectivity index (χ1v) is 10.8. The van der Waals surface area contributed by atoms with E-state index < -0.39 is 5.82 Å².